The van der Waals surface area contributed by atoms with Gasteiger partial charge in [0.15, 0.2) is 5.78 Å². The third-order valence-corrected chi connectivity index (χ3v) is 1.85. The van der Waals surface area contributed by atoms with Crippen LogP contribution in [-0.4, -0.2) is 10.8 Å². The minimum atomic E-state index is 0.0855. The molecule has 0 aliphatic heterocycles. The van der Waals surface area contributed by atoms with Crippen LogP contribution in [0.4, 0.5) is 0 Å². The maximum Gasteiger partial charge on any atom is 0.155 e. The summed E-state index contributed by atoms with van der Waals surface area (Å²) in [4.78, 5) is 15.1. The first-order valence-electron chi connectivity index (χ1n) is 4.21. The third-order valence-electron chi connectivity index (χ3n) is 1.85. The molecule has 0 unspecified atom stereocenters. The van der Waals surface area contributed by atoms with Crippen LogP contribution in [0.1, 0.15) is 25.1 Å². The summed E-state index contributed by atoms with van der Waals surface area (Å²) in [5.41, 5.74) is 2.69. The van der Waals surface area contributed by atoms with Crippen molar-refractivity contribution in [2.45, 2.75) is 20.8 Å². The van der Waals surface area contributed by atoms with E-state index >= 15 is 0 Å². The van der Waals surface area contributed by atoms with Crippen LogP contribution in [0.3, 0.4) is 0 Å². The minimum absolute atomic E-state index is 0.0855. The first-order chi connectivity index (χ1) is 6.09. The standard InChI is InChI=1S/C11H13NO/c1-8-4-5-11(12-7-8)6-9(2)10(3)13/h4-7H,1-3H3/b9-6+. The van der Waals surface area contributed by atoms with Crippen LogP contribution in [0.2, 0.25) is 0 Å². The Kier molecular flexibility index (Phi) is 2.96. The molecule has 0 atom stereocenters. The van der Waals surface area contributed by atoms with Gasteiger partial charge in [-0.05, 0) is 44.1 Å². The highest BCUT2D eigenvalue weighted by molar-refractivity contribution is 5.96. The lowest BCUT2D eigenvalue weighted by atomic mass is 10.1. The molecule has 13 heavy (non-hydrogen) atoms. The average Bonchev–Trinajstić information content (AvgIpc) is 2.08. The molecular weight excluding hydrogens is 162 g/mol. The first-order valence-corrected chi connectivity index (χ1v) is 4.21. The van der Waals surface area contributed by atoms with Crippen molar-refractivity contribution in [1.82, 2.24) is 4.98 Å². The number of rotatable bonds is 2. The summed E-state index contributed by atoms with van der Waals surface area (Å²) in [5.74, 6) is 0.0855. The number of aromatic nitrogens is 1. The zero-order valence-electron chi connectivity index (χ0n) is 8.16. The normalized spacial score (nSPS) is 11.5. The molecule has 0 aliphatic carbocycles. The van der Waals surface area contributed by atoms with Crippen LogP contribution in [0.25, 0.3) is 6.08 Å². The molecule has 0 saturated carbocycles. The highest BCUT2D eigenvalue weighted by atomic mass is 16.1. The van der Waals surface area contributed by atoms with Crippen molar-refractivity contribution in [3.8, 4) is 0 Å². The molecule has 0 aromatic carbocycles. The van der Waals surface area contributed by atoms with Crippen LogP contribution < -0.4 is 0 Å². The molecular formula is C11H13NO. The third kappa shape index (κ3) is 2.82. The zero-order valence-corrected chi connectivity index (χ0v) is 8.16. The highest BCUT2D eigenvalue weighted by Crippen LogP contribution is 2.05. The van der Waals surface area contributed by atoms with E-state index in [0.717, 1.165) is 16.8 Å². The molecule has 0 saturated heterocycles. The smallest absolute Gasteiger partial charge is 0.155 e. The van der Waals surface area contributed by atoms with Crippen molar-refractivity contribution < 1.29 is 4.79 Å². The number of pyridine rings is 1. The first kappa shape index (κ1) is 9.65. The number of allylic oxidation sites excluding steroid dienone is 1. The van der Waals surface area contributed by atoms with E-state index in [2.05, 4.69) is 4.98 Å². The summed E-state index contributed by atoms with van der Waals surface area (Å²) in [6, 6.07) is 3.88. The van der Waals surface area contributed by atoms with Crippen molar-refractivity contribution in [3.05, 3.63) is 35.2 Å². The van der Waals surface area contributed by atoms with Crippen molar-refractivity contribution in [2.24, 2.45) is 0 Å². The van der Waals surface area contributed by atoms with E-state index in [9.17, 15) is 4.79 Å². The fourth-order valence-electron chi connectivity index (χ4n) is 0.888. The van der Waals surface area contributed by atoms with Gasteiger partial charge in [0, 0.05) is 6.20 Å². The Morgan fingerprint density at radius 1 is 1.38 bits per heavy atom. The fourth-order valence-corrected chi connectivity index (χ4v) is 0.888. The zero-order chi connectivity index (χ0) is 9.84. The highest BCUT2D eigenvalue weighted by Gasteiger charge is 1.96. The summed E-state index contributed by atoms with van der Waals surface area (Å²) in [6.45, 7) is 5.34. The van der Waals surface area contributed by atoms with Crippen molar-refractivity contribution in [3.63, 3.8) is 0 Å². The Morgan fingerprint density at radius 3 is 2.54 bits per heavy atom. The summed E-state index contributed by atoms with van der Waals surface area (Å²) < 4.78 is 0. The number of aryl methyl sites for hydroxylation is 1. The molecule has 1 aromatic rings. The second-order valence-electron chi connectivity index (χ2n) is 3.14. The van der Waals surface area contributed by atoms with E-state index in [1.54, 1.807) is 26.1 Å². The molecule has 0 spiro atoms. The topological polar surface area (TPSA) is 30.0 Å². The lowest BCUT2D eigenvalue weighted by Crippen LogP contribution is -1.91. The molecule has 2 nitrogen and oxygen atoms in total. The minimum Gasteiger partial charge on any atom is -0.295 e. The molecule has 0 radical (unpaired) electrons. The van der Waals surface area contributed by atoms with Gasteiger partial charge in [0.2, 0.25) is 0 Å². The Balaban J connectivity index is 2.92. The quantitative estimate of drug-likeness (QED) is 0.646. The van der Waals surface area contributed by atoms with Crippen molar-refractivity contribution in [2.75, 3.05) is 0 Å². The second-order valence-corrected chi connectivity index (χ2v) is 3.14. The SMILES string of the molecule is CC(=O)/C(C)=C/c1ccc(C)cn1. The molecule has 0 N–H and O–H groups in total. The molecule has 0 amide bonds. The van der Waals surface area contributed by atoms with Crippen LogP contribution in [-0.2, 0) is 4.79 Å². The van der Waals surface area contributed by atoms with Crippen LogP contribution in [0, 0.1) is 6.92 Å². The van der Waals surface area contributed by atoms with Gasteiger partial charge in [-0.3, -0.25) is 9.78 Å². The predicted octanol–water partition coefficient (Wildman–Crippen LogP) is 2.38. The van der Waals surface area contributed by atoms with Gasteiger partial charge in [-0.2, -0.15) is 0 Å². The van der Waals surface area contributed by atoms with Gasteiger partial charge < -0.3 is 0 Å². The fraction of sp³-hybridized carbons (Fsp3) is 0.273. The number of carbonyl (C=O) groups excluding carboxylic acids is 1. The van der Waals surface area contributed by atoms with E-state index in [1.807, 2.05) is 19.1 Å². The molecule has 2 heteroatoms. The molecule has 0 fully saturated rings. The summed E-state index contributed by atoms with van der Waals surface area (Å²) in [7, 11) is 0. The Hall–Kier alpha value is -1.44. The van der Waals surface area contributed by atoms with Gasteiger partial charge in [0.05, 0.1) is 5.69 Å². The predicted molar refractivity (Wildman–Crippen MR) is 53.3 cm³/mol. The van der Waals surface area contributed by atoms with Crippen molar-refractivity contribution in [1.29, 1.82) is 0 Å². The number of nitrogens with zero attached hydrogens (tertiary/aromatic N) is 1. The lowest BCUT2D eigenvalue weighted by molar-refractivity contribution is -0.113. The molecule has 0 bridgehead atoms. The Morgan fingerprint density at radius 2 is 2.08 bits per heavy atom. The molecule has 1 aromatic heterocycles. The van der Waals surface area contributed by atoms with Crippen LogP contribution in [0.15, 0.2) is 23.9 Å². The number of ketones is 1. The van der Waals surface area contributed by atoms with Gasteiger partial charge in [-0.25, -0.2) is 0 Å². The van der Waals surface area contributed by atoms with Crippen LogP contribution >= 0.6 is 0 Å². The Labute approximate surface area is 78.3 Å². The largest absolute Gasteiger partial charge is 0.295 e. The maximum atomic E-state index is 10.9. The van der Waals surface area contributed by atoms with Crippen molar-refractivity contribution >= 4 is 11.9 Å². The number of hydrogen-bond acceptors (Lipinski definition) is 2. The number of hydrogen-bond donors (Lipinski definition) is 0. The Bertz CT molecular complexity index is 336. The maximum absolute atomic E-state index is 10.9. The average molecular weight is 175 g/mol. The van der Waals surface area contributed by atoms with Gasteiger partial charge in [0.25, 0.3) is 0 Å². The van der Waals surface area contributed by atoms with E-state index < -0.39 is 0 Å². The van der Waals surface area contributed by atoms with E-state index in [1.165, 1.54) is 0 Å². The van der Waals surface area contributed by atoms with Gasteiger partial charge in [-0.1, -0.05) is 6.07 Å². The van der Waals surface area contributed by atoms with E-state index in [4.69, 9.17) is 0 Å². The molecule has 0 aliphatic rings. The summed E-state index contributed by atoms with van der Waals surface area (Å²) in [6.07, 6.45) is 3.58. The molecule has 1 heterocycles. The monoisotopic (exact) mass is 175 g/mol. The van der Waals surface area contributed by atoms with E-state index in [0.29, 0.717) is 0 Å². The van der Waals surface area contributed by atoms with Gasteiger partial charge in [0.1, 0.15) is 0 Å². The van der Waals surface area contributed by atoms with Gasteiger partial charge in [-0.15, -0.1) is 0 Å². The van der Waals surface area contributed by atoms with Crippen LogP contribution in [0.5, 0.6) is 0 Å². The second kappa shape index (κ2) is 3.99. The number of carbonyl (C=O) groups is 1. The summed E-state index contributed by atoms with van der Waals surface area (Å²) in [5, 5.41) is 0. The summed E-state index contributed by atoms with van der Waals surface area (Å²) >= 11 is 0. The molecule has 1 rings (SSSR count). The van der Waals surface area contributed by atoms with Gasteiger partial charge >= 0.3 is 0 Å². The molecule has 68 valence electrons. The lowest BCUT2D eigenvalue weighted by Gasteiger charge is -1.96. The number of Topliss-reactive ketones (excluding diaryl/α,β-unsaturated/α-hetero) is 1. The van der Waals surface area contributed by atoms with E-state index in [-0.39, 0.29) is 5.78 Å².